The molecule has 0 unspecified atom stereocenters. The predicted molar refractivity (Wildman–Crippen MR) is 39.9 cm³/mol. The van der Waals surface area contributed by atoms with E-state index in [9.17, 15) is 8.42 Å². The highest BCUT2D eigenvalue weighted by Gasteiger charge is 2.13. The van der Waals surface area contributed by atoms with Gasteiger partial charge >= 0.3 is 0 Å². The van der Waals surface area contributed by atoms with E-state index in [4.69, 9.17) is 0 Å². The van der Waals surface area contributed by atoms with Gasteiger partial charge in [-0.2, -0.15) is 0 Å². The molecule has 0 spiro atoms. The zero-order chi connectivity index (χ0) is 7.61. The van der Waals surface area contributed by atoms with E-state index in [-0.39, 0.29) is 4.91 Å². The Bertz CT molecular complexity index is 338. The molecule has 2 nitrogen and oxygen atoms in total. The lowest BCUT2D eigenvalue weighted by Crippen LogP contribution is -1.91. The Morgan fingerprint density at radius 2 is 2.30 bits per heavy atom. The second kappa shape index (κ2) is 2.29. The molecule has 3 heteroatoms. The molecule has 0 radical (unpaired) electrons. The van der Waals surface area contributed by atoms with Gasteiger partial charge in [-0.3, -0.25) is 0 Å². The minimum atomic E-state index is -3.13. The molecule has 52 valence electrons. The van der Waals surface area contributed by atoms with Crippen molar-refractivity contribution in [3.63, 3.8) is 0 Å². The van der Waals surface area contributed by atoms with E-state index in [1.807, 2.05) is 0 Å². The van der Waals surface area contributed by atoms with Crippen molar-refractivity contribution in [1.29, 1.82) is 0 Å². The van der Waals surface area contributed by atoms with Gasteiger partial charge in [-0.15, -0.1) is 5.73 Å². The second-order valence-corrected chi connectivity index (χ2v) is 3.62. The molecule has 0 amide bonds. The van der Waals surface area contributed by atoms with E-state index in [1.165, 1.54) is 18.2 Å². The monoisotopic (exact) mass is 154 g/mol. The Balaban J connectivity index is 3.18. The van der Waals surface area contributed by atoms with Gasteiger partial charge < -0.3 is 0 Å². The first-order valence-electron chi connectivity index (χ1n) is 2.66. The molecule has 0 aliphatic carbocycles. The number of hydrogen-bond donors (Lipinski definition) is 0. The average molecular weight is 154 g/mol. The van der Waals surface area contributed by atoms with Gasteiger partial charge in [0.2, 0.25) is 0 Å². The Labute approximate surface area is 59.8 Å². The summed E-state index contributed by atoms with van der Waals surface area (Å²) in [6.07, 6.45) is 4.33. The first kappa shape index (κ1) is 7.06. The summed E-state index contributed by atoms with van der Waals surface area (Å²) in [7, 11) is -3.13. The SMILES string of the molecule is C=C=CC1=CC=CS1(=O)=O. The number of allylic oxidation sites excluding steroid dienone is 3. The Hall–Kier alpha value is -1.05. The van der Waals surface area contributed by atoms with E-state index < -0.39 is 9.84 Å². The van der Waals surface area contributed by atoms with Crippen molar-refractivity contribution >= 4 is 9.84 Å². The van der Waals surface area contributed by atoms with Gasteiger partial charge in [0, 0.05) is 5.41 Å². The molecule has 0 saturated carbocycles. The molecule has 0 aromatic carbocycles. The molecule has 1 heterocycles. The fourth-order valence-electron chi connectivity index (χ4n) is 0.642. The number of hydrogen-bond acceptors (Lipinski definition) is 2. The highest BCUT2D eigenvalue weighted by molar-refractivity contribution is 7.98. The first-order valence-corrected chi connectivity index (χ1v) is 4.21. The van der Waals surface area contributed by atoms with Crippen LogP contribution >= 0.6 is 0 Å². The van der Waals surface area contributed by atoms with Gasteiger partial charge in [0.25, 0.3) is 0 Å². The second-order valence-electron chi connectivity index (χ2n) is 1.79. The quantitative estimate of drug-likeness (QED) is 0.531. The molecular weight excluding hydrogens is 148 g/mol. The largest absolute Gasteiger partial charge is 0.219 e. The van der Waals surface area contributed by atoms with Crippen LogP contribution in [0.15, 0.2) is 40.9 Å². The third-order valence-corrected chi connectivity index (χ3v) is 2.52. The van der Waals surface area contributed by atoms with Crippen molar-refractivity contribution in [2.45, 2.75) is 0 Å². The summed E-state index contributed by atoms with van der Waals surface area (Å²) in [6, 6.07) is 0. The molecule has 1 aliphatic rings. The topological polar surface area (TPSA) is 34.1 Å². The summed E-state index contributed by atoms with van der Waals surface area (Å²) in [5.41, 5.74) is 2.40. The Kier molecular flexibility index (Phi) is 1.62. The molecule has 10 heavy (non-hydrogen) atoms. The van der Waals surface area contributed by atoms with E-state index >= 15 is 0 Å². The molecule has 1 aliphatic heterocycles. The third-order valence-electron chi connectivity index (χ3n) is 1.09. The standard InChI is InChI=1S/C7H6O2S/c1-2-4-7-5-3-6-10(7,8)9/h3-6H,1H2. The molecule has 0 aromatic rings. The Morgan fingerprint density at radius 1 is 1.60 bits per heavy atom. The molecule has 0 fully saturated rings. The smallest absolute Gasteiger partial charge is 0.200 e. The van der Waals surface area contributed by atoms with Gasteiger partial charge in [0.1, 0.15) is 0 Å². The maximum absolute atomic E-state index is 10.9. The van der Waals surface area contributed by atoms with E-state index in [2.05, 4.69) is 12.3 Å². The van der Waals surface area contributed by atoms with Crippen LogP contribution < -0.4 is 0 Å². The maximum Gasteiger partial charge on any atom is 0.200 e. The highest BCUT2D eigenvalue weighted by Crippen LogP contribution is 2.15. The molecule has 0 bridgehead atoms. The van der Waals surface area contributed by atoms with Crippen molar-refractivity contribution in [2.75, 3.05) is 0 Å². The highest BCUT2D eigenvalue weighted by atomic mass is 32.2. The van der Waals surface area contributed by atoms with E-state index in [0.29, 0.717) is 0 Å². The van der Waals surface area contributed by atoms with Gasteiger partial charge in [-0.25, -0.2) is 8.42 Å². The van der Waals surface area contributed by atoms with Gasteiger partial charge in [0.05, 0.1) is 4.91 Å². The lowest BCUT2D eigenvalue weighted by Gasteiger charge is -1.88. The van der Waals surface area contributed by atoms with Gasteiger partial charge in [-0.1, -0.05) is 6.58 Å². The van der Waals surface area contributed by atoms with Crippen LogP contribution in [0, 0.1) is 0 Å². The van der Waals surface area contributed by atoms with Crippen LogP contribution in [-0.4, -0.2) is 8.42 Å². The van der Waals surface area contributed by atoms with Crippen LogP contribution in [0.2, 0.25) is 0 Å². The normalized spacial score (nSPS) is 19.8. The predicted octanol–water partition coefficient (Wildman–Crippen LogP) is 1.15. The van der Waals surface area contributed by atoms with Crippen molar-refractivity contribution in [2.24, 2.45) is 0 Å². The molecule has 0 aromatic heterocycles. The molecule has 0 atom stereocenters. The lowest BCUT2D eigenvalue weighted by atomic mass is 10.5. The molecular formula is C7H6O2S. The molecule has 0 saturated heterocycles. The minimum Gasteiger partial charge on any atom is -0.219 e. The first-order chi connectivity index (χ1) is 4.67. The van der Waals surface area contributed by atoms with Crippen LogP contribution in [0.5, 0.6) is 0 Å². The maximum atomic E-state index is 10.9. The number of sulfone groups is 1. The Morgan fingerprint density at radius 3 is 2.70 bits per heavy atom. The number of rotatable bonds is 1. The lowest BCUT2D eigenvalue weighted by molar-refractivity contribution is 0.611. The van der Waals surface area contributed by atoms with Crippen LogP contribution in [0.1, 0.15) is 0 Å². The summed E-state index contributed by atoms with van der Waals surface area (Å²) < 4.78 is 21.8. The summed E-state index contributed by atoms with van der Waals surface area (Å²) >= 11 is 0. The minimum absolute atomic E-state index is 0.252. The zero-order valence-corrected chi connectivity index (χ0v) is 6.06. The van der Waals surface area contributed by atoms with Crippen LogP contribution in [0.25, 0.3) is 0 Å². The fraction of sp³-hybridized carbons (Fsp3) is 0. The third kappa shape index (κ3) is 1.10. The zero-order valence-electron chi connectivity index (χ0n) is 5.24. The van der Waals surface area contributed by atoms with Crippen molar-refractivity contribution in [3.8, 4) is 0 Å². The average Bonchev–Trinajstić information content (AvgIpc) is 2.13. The molecule has 1 rings (SSSR count). The summed E-state index contributed by atoms with van der Waals surface area (Å²) in [4.78, 5) is 0.252. The van der Waals surface area contributed by atoms with Crippen LogP contribution in [0.3, 0.4) is 0 Å². The van der Waals surface area contributed by atoms with Crippen molar-refractivity contribution in [3.05, 3.63) is 40.9 Å². The summed E-state index contributed by atoms with van der Waals surface area (Å²) in [5.74, 6) is 0. The van der Waals surface area contributed by atoms with Gasteiger partial charge in [0.15, 0.2) is 9.84 Å². The van der Waals surface area contributed by atoms with E-state index in [0.717, 1.165) is 5.41 Å². The summed E-state index contributed by atoms with van der Waals surface area (Å²) in [5, 5.41) is 1.15. The molecule has 0 N–H and O–H groups in total. The van der Waals surface area contributed by atoms with Crippen molar-refractivity contribution in [1.82, 2.24) is 0 Å². The van der Waals surface area contributed by atoms with Crippen LogP contribution in [0.4, 0.5) is 0 Å². The van der Waals surface area contributed by atoms with Gasteiger partial charge in [-0.05, 0) is 18.2 Å². The van der Waals surface area contributed by atoms with Crippen LogP contribution in [-0.2, 0) is 9.84 Å². The van der Waals surface area contributed by atoms with E-state index in [1.54, 1.807) is 0 Å². The van der Waals surface area contributed by atoms with Crippen molar-refractivity contribution < 1.29 is 8.42 Å². The summed E-state index contributed by atoms with van der Waals surface area (Å²) in [6.45, 7) is 3.28. The fourth-order valence-corrected chi connectivity index (χ4v) is 1.60.